The van der Waals surface area contributed by atoms with Gasteiger partial charge in [0.1, 0.15) is 12.2 Å². The first-order chi connectivity index (χ1) is 14.2. The molecule has 1 unspecified atom stereocenters. The molecule has 0 bridgehead atoms. The van der Waals surface area contributed by atoms with Gasteiger partial charge in [-0.2, -0.15) is 0 Å². The van der Waals surface area contributed by atoms with Gasteiger partial charge in [-0.25, -0.2) is 0 Å². The molecule has 0 aromatic carbocycles. The van der Waals surface area contributed by atoms with Gasteiger partial charge in [0.05, 0.1) is 18.4 Å². The summed E-state index contributed by atoms with van der Waals surface area (Å²) in [7, 11) is 0. The van der Waals surface area contributed by atoms with Crippen LogP contribution in [0.2, 0.25) is 0 Å². The smallest absolute Gasteiger partial charge is 0.308 e. The Morgan fingerprint density at radius 2 is 1.97 bits per heavy atom. The van der Waals surface area contributed by atoms with Crippen molar-refractivity contribution >= 4 is 17.7 Å². The van der Waals surface area contributed by atoms with Crippen molar-refractivity contribution in [3.63, 3.8) is 0 Å². The molecule has 1 saturated heterocycles. The molecule has 0 aromatic heterocycles. The van der Waals surface area contributed by atoms with Crippen LogP contribution in [-0.2, 0) is 23.9 Å². The number of esters is 2. The Balaban J connectivity index is 1.78. The zero-order valence-corrected chi connectivity index (χ0v) is 18.6. The molecule has 6 heteroatoms. The van der Waals surface area contributed by atoms with Gasteiger partial charge >= 0.3 is 11.9 Å². The molecule has 1 saturated carbocycles. The second kappa shape index (κ2) is 9.63. The van der Waals surface area contributed by atoms with Crippen LogP contribution in [0.4, 0.5) is 0 Å². The number of allylic oxidation sites excluding steroid dienone is 1. The van der Waals surface area contributed by atoms with Crippen molar-refractivity contribution in [1.29, 1.82) is 0 Å². The van der Waals surface area contributed by atoms with Gasteiger partial charge in [-0.05, 0) is 50.0 Å². The first-order valence-corrected chi connectivity index (χ1v) is 11.5. The molecule has 0 spiro atoms. The summed E-state index contributed by atoms with van der Waals surface area (Å²) in [5, 5.41) is 9.89. The zero-order chi connectivity index (χ0) is 22.0. The van der Waals surface area contributed by atoms with Crippen LogP contribution in [0.25, 0.3) is 0 Å². The predicted molar refractivity (Wildman–Crippen MR) is 111 cm³/mol. The van der Waals surface area contributed by atoms with Crippen LogP contribution < -0.4 is 0 Å². The first-order valence-electron chi connectivity index (χ1n) is 11.5. The summed E-state index contributed by atoms with van der Waals surface area (Å²) < 4.78 is 11.4. The van der Waals surface area contributed by atoms with E-state index in [0.717, 1.165) is 24.8 Å². The van der Waals surface area contributed by atoms with Crippen LogP contribution in [0.3, 0.4) is 0 Å². The van der Waals surface area contributed by atoms with Crippen LogP contribution in [0, 0.1) is 29.6 Å². The van der Waals surface area contributed by atoms with Gasteiger partial charge < -0.3 is 14.6 Å². The molecule has 0 amide bonds. The van der Waals surface area contributed by atoms with Gasteiger partial charge in [-0.15, -0.1) is 0 Å². The summed E-state index contributed by atoms with van der Waals surface area (Å²) in [5.41, 5.74) is 1.10. The van der Waals surface area contributed by atoms with Crippen molar-refractivity contribution in [3.8, 4) is 0 Å². The number of fused-ring (bicyclic) bond motifs is 1. The maximum atomic E-state index is 12.7. The summed E-state index contributed by atoms with van der Waals surface area (Å²) in [5.74, 6) is -0.266. The molecule has 2 fully saturated rings. The molecule has 1 N–H and O–H groups in total. The monoisotopic (exact) mass is 420 g/mol. The average Bonchev–Trinajstić information content (AvgIpc) is 2.67. The lowest BCUT2D eigenvalue weighted by Crippen LogP contribution is -2.45. The van der Waals surface area contributed by atoms with Crippen LogP contribution in [-0.4, -0.2) is 41.1 Å². The number of carbonyl (C=O) groups excluding carboxylic acids is 3. The molecule has 0 aromatic rings. The van der Waals surface area contributed by atoms with E-state index >= 15 is 0 Å². The molecule has 3 aliphatic rings. The Labute approximate surface area is 179 Å². The van der Waals surface area contributed by atoms with E-state index in [9.17, 15) is 19.5 Å². The zero-order valence-electron chi connectivity index (χ0n) is 18.6. The van der Waals surface area contributed by atoms with E-state index in [2.05, 4.69) is 6.92 Å². The highest BCUT2D eigenvalue weighted by molar-refractivity contribution is 5.93. The van der Waals surface area contributed by atoms with Crippen LogP contribution in [0.15, 0.2) is 11.6 Å². The fourth-order valence-electron chi connectivity index (χ4n) is 5.35. The Kier molecular flexibility index (Phi) is 7.38. The quantitative estimate of drug-likeness (QED) is 0.661. The Morgan fingerprint density at radius 3 is 2.63 bits per heavy atom. The largest absolute Gasteiger partial charge is 0.462 e. The third kappa shape index (κ3) is 5.13. The highest BCUT2D eigenvalue weighted by atomic mass is 16.5. The Bertz CT molecular complexity index is 698. The normalized spacial score (nSPS) is 37.6. The van der Waals surface area contributed by atoms with Gasteiger partial charge in [0.2, 0.25) is 0 Å². The molecule has 6 nitrogen and oxygen atoms in total. The lowest BCUT2D eigenvalue weighted by atomic mass is 9.62. The molecule has 1 aliphatic heterocycles. The van der Waals surface area contributed by atoms with E-state index < -0.39 is 6.10 Å². The fraction of sp³-hybridized carbons (Fsp3) is 0.792. The minimum absolute atomic E-state index is 0.0334. The van der Waals surface area contributed by atoms with Crippen molar-refractivity contribution in [2.24, 2.45) is 29.6 Å². The van der Waals surface area contributed by atoms with Gasteiger partial charge in [0, 0.05) is 18.3 Å². The number of cyclic esters (lactones) is 1. The molecular formula is C24H36O6. The molecule has 8 atom stereocenters. The molecular weight excluding hydrogens is 384 g/mol. The number of ketones is 1. The minimum Gasteiger partial charge on any atom is -0.462 e. The minimum atomic E-state index is -0.656. The molecule has 1 heterocycles. The number of aliphatic hydroxyl groups is 1. The van der Waals surface area contributed by atoms with Gasteiger partial charge in [0.25, 0.3) is 0 Å². The van der Waals surface area contributed by atoms with E-state index in [0.29, 0.717) is 25.2 Å². The van der Waals surface area contributed by atoms with E-state index in [1.807, 2.05) is 20.8 Å². The molecule has 3 rings (SSSR count). The Hall–Kier alpha value is -1.69. The predicted octanol–water partition coefficient (Wildman–Crippen LogP) is 3.60. The van der Waals surface area contributed by atoms with Crippen LogP contribution in [0.1, 0.15) is 72.6 Å². The van der Waals surface area contributed by atoms with Crippen LogP contribution in [0.5, 0.6) is 0 Å². The van der Waals surface area contributed by atoms with E-state index in [1.54, 1.807) is 6.08 Å². The summed E-state index contributed by atoms with van der Waals surface area (Å²) in [6.45, 7) is 7.96. The van der Waals surface area contributed by atoms with Gasteiger partial charge in [0.15, 0.2) is 5.78 Å². The Morgan fingerprint density at radius 1 is 1.23 bits per heavy atom. The van der Waals surface area contributed by atoms with E-state index in [1.165, 1.54) is 0 Å². The van der Waals surface area contributed by atoms with Gasteiger partial charge in [-0.3, -0.25) is 14.4 Å². The number of rotatable bonds is 6. The van der Waals surface area contributed by atoms with Crippen molar-refractivity contribution in [2.45, 2.75) is 91.0 Å². The van der Waals surface area contributed by atoms with Crippen molar-refractivity contribution in [2.75, 3.05) is 0 Å². The average molecular weight is 421 g/mol. The SMILES string of the molecule is CCC(C)C(=O)O[C@H]1C[C@H](C)CC2=CC(=O)[C@@H](C)[C@@H](CC[C@@H]3C[C@@H](O)CC(=O)O3)[C@H]21. The molecule has 168 valence electrons. The lowest BCUT2D eigenvalue weighted by Gasteiger charge is -2.45. The number of aliphatic hydroxyl groups excluding tert-OH is 1. The van der Waals surface area contributed by atoms with Crippen LogP contribution >= 0.6 is 0 Å². The maximum Gasteiger partial charge on any atom is 0.308 e. The van der Waals surface area contributed by atoms with Crippen molar-refractivity contribution in [1.82, 2.24) is 0 Å². The van der Waals surface area contributed by atoms with Crippen molar-refractivity contribution in [3.05, 3.63) is 11.6 Å². The number of carbonyl (C=O) groups is 3. The maximum absolute atomic E-state index is 12.7. The summed E-state index contributed by atoms with van der Waals surface area (Å²) in [6, 6.07) is 0. The number of ether oxygens (including phenoxy) is 2. The third-order valence-electron chi connectivity index (χ3n) is 7.27. The molecule has 2 aliphatic carbocycles. The topological polar surface area (TPSA) is 89.9 Å². The van der Waals surface area contributed by atoms with E-state index in [-0.39, 0.29) is 60.0 Å². The molecule has 30 heavy (non-hydrogen) atoms. The highest BCUT2D eigenvalue weighted by Crippen LogP contribution is 2.47. The standard InChI is InChI=1S/C24H36O6/c1-5-14(3)24(28)30-21-9-13(2)8-16-10-20(26)15(4)19(23(16)21)7-6-18-11-17(25)12-22(27)29-18/h10,13-15,17-19,21,23,25H,5-9,11-12H2,1-4H3/t13-,14?,15+,17-,18-,19-,21+,23+/m1/s1. The summed E-state index contributed by atoms with van der Waals surface area (Å²) in [6.07, 6.45) is 4.79. The number of hydrogen-bond acceptors (Lipinski definition) is 6. The fourth-order valence-corrected chi connectivity index (χ4v) is 5.35. The summed E-state index contributed by atoms with van der Waals surface area (Å²) in [4.78, 5) is 36.9. The lowest BCUT2D eigenvalue weighted by molar-refractivity contribution is -0.163. The number of hydrogen-bond donors (Lipinski definition) is 1. The highest BCUT2D eigenvalue weighted by Gasteiger charge is 2.46. The van der Waals surface area contributed by atoms with E-state index in [4.69, 9.17) is 9.47 Å². The summed E-state index contributed by atoms with van der Waals surface area (Å²) >= 11 is 0. The molecule has 0 radical (unpaired) electrons. The second-order valence-electron chi connectivity index (χ2n) is 9.71. The third-order valence-corrected chi connectivity index (χ3v) is 7.27. The van der Waals surface area contributed by atoms with Crippen molar-refractivity contribution < 1.29 is 29.0 Å². The van der Waals surface area contributed by atoms with Gasteiger partial charge in [-0.1, -0.05) is 33.3 Å². The second-order valence-corrected chi connectivity index (χ2v) is 9.71. The first kappa shape index (κ1) is 23.0.